The summed E-state index contributed by atoms with van der Waals surface area (Å²) in [6.07, 6.45) is 4.66. The maximum absolute atomic E-state index is 11.1. The van der Waals surface area contributed by atoms with E-state index in [4.69, 9.17) is 11.5 Å². The minimum Gasteiger partial charge on any atom is -0.369 e. The molecule has 0 heterocycles. The molecule has 0 saturated heterocycles. The largest absolute Gasteiger partial charge is 0.369 e. The number of hydrogen-bond acceptors (Lipinski definition) is 3. The molecular formula is C12H25N3O. The molecule has 0 radical (unpaired) electrons. The standard InChI is InChI=1S/C12H25N3O/c1-3-15(8-11(14)16)12(9-13)6-4-5-10(2)7-12/h10H,3-9,13H2,1-2H3,(H2,14,16). The molecule has 0 bridgehead atoms. The van der Waals surface area contributed by atoms with E-state index in [1.807, 2.05) is 0 Å². The first-order valence-electron chi connectivity index (χ1n) is 6.27. The van der Waals surface area contributed by atoms with Crippen LogP contribution in [-0.4, -0.2) is 36.0 Å². The Balaban J connectivity index is 2.78. The van der Waals surface area contributed by atoms with Crippen molar-refractivity contribution in [2.75, 3.05) is 19.6 Å². The summed E-state index contributed by atoms with van der Waals surface area (Å²) >= 11 is 0. The van der Waals surface area contributed by atoms with E-state index in [1.54, 1.807) is 0 Å². The van der Waals surface area contributed by atoms with Crippen LogP contribution in [0.2, 0.25) is 0 Å². The van der Waals surface area contributed by atoms with Crippen molar-refractivity contribution >= 4 is 5.91 Å². The zero-order valence-electron chi connectivity index (χ0n) is 10.5. The number of carbonyl (C=O) groups excluding carboxylic acids is 1. The Morgan fingerprint density at radius 3 is 2.69 bits per heavy atom. The molecule has 4 heteroatoms. The van der Waals surface area contributed by atoms with Gasteiger partial charge in [0.2, 0.25) is 5.91 Å². The lowest BCUT2D eigenvalue weighted by molar-refractivity contribution is -0.121. The second-order valence-corrected chi connectivity index (χ2v) is 5.11. The molecule has 1 fully saturated rings. The third-order valence-corrected chi connectivity index (χ3v) is 3.85. The topological polar surface area (TPSA) is 72.3 Å². The van der Waals surface area contributed by atoms with Gasteiger partial charge in [-0.1, -0.05) is 26.7 Å². The summed E-state index contributed by atoms with van der Waals surface area (Å²) in [6, 6.07) is 0. The zero-order chi connectivity index (χ0) is 12.2. The summed E-state index contributed by atoms with van der Waals surface area (Å²) in [7, 11) is 0. The molecule has 2 unspecified atom stereocenters. The van der Waals surface area contributed by atoms with Crippen molar-refractivity contribution < 1.29 is 4.79 Å². The number of rotatable bonds is 5. The summed E-state index contributed by atoms with van der Waals surface area (Å²) in [5, 5.41) is 0. The maximum atomic E-state index is 11.1. The lowest BCUT2D eigenvalue weighted by Gasteiger charge is -2.47. The highest BCUT2D eigenvalue weighted by Crippen LogP contribution is 2.35. The lowest BCUT2D eigenvalue weighted by Crippen LogP contribution is -2.58. The predicted octanol–water partition coefficient (Wildman–Crippen LogP) is 0.701. The van der Waals surface area contributed by atoms with Gasteiger partial charge in [0, 0.05) is 12.1 Å². The Morgan fingerprint density at radius 2 is 2.25 bits per heavy atom. The minimum absolute atomic E-state index is 0.00144. The van der Waals surface area contributed by atoms with Crippen LogP contribution in [0.1, 0.15) is 39.5 Å². The molecular weight excluding hydrogens is 202 g/mol. The summed E-state index contributed by atoms with van der Waals surface area (Å²) in [6.45, 7) is 6.13. The number of amides is 1. The van der Waals surface area contributed by atoms with Gasteiger partial charge in [0.05, 0.1) is 6.54 Å². The number of primary amides is 1. The smallest absolute Gasteiger partial charge is 0.231 e. The van der Waals surface area contributed by atoms with Crippen molar-refractivity contribution in [1.82, 2.24) is 4.90 Å². The van der Waals surface area contributed by atoms with Crippen molar-refractivity contribution in [3.05, 3.63) is 0 Å². The van der Waals surface area contributed by atoms with Crippen LogP contribution in [0, 0.1) is 5.92 Å². The summed E-state index contributed by atoms with van der Waals surface area (Å²) in [4.78, 5) is 13.3. The van der Waals surface area contributed by atoms with Crippen LogP contribution in [0.5, 0.6) is 0 Å². The molecule has 4 nitrogen and oxygen atoms in total. The molecule has 4 N–H and O–H groups in total. The number of nitrogens with zero attached hydrogens (tertiary/aromatic N) is 1. The molecule has 0 aromatic rings. The summed E-state index contributed by atoms with van der Waals surface area (Å²) in [5.74, 6) is 0.437. The van der Waals surface area contributed by atoms with Gasteiger partial charge in [-0.3, -0.25) is 9.69 Å². The Kier molecular flexibility index (Phi) is 4.74. The van der Waals surface area contributed by atoms with Gasteiger partial charge < -0.3 is 11.5 Å². The van der Waals surface area contributed by atoms with E-state index in [0.29, 0.717) is 19.0 Å². The third kappa shape index (κ3) is 2.95. The number of hydrogen-bond donors (Lipinski definition) is 2. The van der Waals surface area contributed by atoms with Gasteiger partial charge in [0.1, 0.15) is 0 Å². The maximum Gasteiger partial charge on any atom is 0.231 e. The minimum atomic E-state index is -0.257. The second-order valence-electron chi connectivity index (χ2n) is 5.11. The number of likely N-dealkylation sites (N-methyl/N-ethyl adjacent to an activating group) is 1. The van der Waals surface area contributed by atoms with Crippen LogP contribution in [0.3, 0.4) is 0 Å². The molecule has 16 heavy (non-hydrogen) atoms. The van der Waals surface area contributed by atoms with Crippen LogP contribution >= 0.6 is 0 Å². The van der Waals surface area contributed by atoms with Crippen molar-refractivity contribution in [3.63, 3.8) is 0 Å². The van der Waals surface area contributed by atoms with E-state index in [0.717, 1.165) is 19.4 Å². The quantitative estimate of drug-likeness (QED) is 0.726. The van der Waals surface area contributed by atoms with Gasteiger partial charge >= 0.3 is 0 Å². The van der Waals surface area contributed by atoms with E-state index >= 15 is 0 Å². The van der Waals surface area contributed by atoms with E-state index in [2.05, 4.69) is 18.7 Å². The molecule has 2 atom stereocenters. The highest BCUT2D eigenvalue weighted by molar-refractivity contribution is 5.76. The Bertz CT molecular complexity index is 244. The van der Waals surface area contributed by atoms with Gasteiger partial charge in [0.15, 0.2) is 0 Å². The van der Waals surface area contributed by atoms with E-state index in [-0.39, 0.29) is 11.4 Å². The predicted molar refractivity (Wildman–Crippen MR) is 65.9 cm³/mol. The van der Waals surface area contributed by atoms with Crippen molar-refractivity contribution in [1.29, 1.82) is 0 Å². The molecule has 0 aromatic heterocycles. The summed E-state index contributed by atoms with van der Waals surface area (Å²) < 4.78 is 0. The highest BCUT2D eigenvalue weighted by atomic mass is 16.1. The van der Waals surface area contributed by atoms with Crippen LogP contribution in [0.4, 0.5) is 0 Å². The average molecular weight is 227 g/mol. The molecule has 1 amide bonds. The Hall–Kier alpha value is -0.610. The van der Waals surface area contributed by atoms with E-state index in [9.17, 15) is 4.79 Å². The lowest BCUT2D eigenvalue weighted by atomic mass is 9.75. The normalized spacial score (nSPS) is 30.6. The van der Waals surface area contributed by atoms with Gasteiger partial charge in [-0.25, -0.2) is 0 Å². The monoisotopic (exact) mass is 227 g/mol. The van der Waals surface area contributed by atoms with Gasteiger partial charge in [0.25, 0.3) is 0 Å². The fraction of sp³-hybridized carbons (Fsp3) is 0.917. The fourth-order valence-corrected chi connectivity index (χ4v) is 3.04. The number of nitrogens with two attached hydrogens (primary N) is 2. The highest BCUT2D eigenvalue weighted by Gasteiger charge is 2.38. The first-order chi connectivity index (χ1) is 7.54. The molecule has 0 aromatic carbocycles. The van der Waals surface area contributed by atoms with Crippen LogP contribution in [0.15, 0.2) is 0 Å². The van der Waals surface area contributed by atoms with Crippen molar-refractivity contribution in [3.8, 4) is 0 Å². The first kappa shape index (κ1) is 13.5. The van der Waals surface area contributed by atoms with Gasteiger partial charge in [-0.15, -0.1) is 0 Å². The Morgan fingerprint density at radius 1 is 1.56 bits per heavy atom. The Labute approximate surface area is 98.3 Å². The van der Waals surface area contributed by atoms with Crippen LogP contribution in [0.25, 0.3) is 0 Å². The molecule has 1 saturated carbocycles. The summed E-state index contributed by atoms with van der Waals surface area (Å²) in [5.41, 5.74) is 11.3. The van der Waals surface area contributed by atoms with Crippen LogP contribution < -0.4 is 11.5 Å². The fourth-order valence-electron chi connectivity index (χ4n) is 3.04. The molecule has 1 aliphatic carbocycles. The molecule has 0 spiro atoms. The third-order valence-electron chi connectivity index (χ3n) is 3.85. The molecule has 0 aliphatic heterocycles. The van der Waals surface area contributed by atoms with Crippen molar-refractivity contribution in [2.45, 2.75) is 45.1 Å². The van der Waals surface area contributed by atoms with Crippen LogP contribution in [-0.2, 0) is 4.79 Å². The zero-order valence-corrected chi connectivity index (χ0v) is 10.5. The molecule has 1 rings (SSSR count). The second kappa shape index (κ2) is 5.64. The SMILES string of the molecule is CCN(CC(N)=O)C1(CN)CCCC(C)C1. The molecule has 94 valence electrons. The first-order valence-corrected chi connectivity index (χ1v) is 6.27. The van der Waals surface area contributed by atoms with Crippen molar-refractivity contribution in [2.24, 2.45) is 17.4 Å². The number of carbonyl (C=O) groups is 1. The average Bonchev–Trinajstić information content (AvgIpc) is 2.25. The van der Waals surface area contributed by atoms with Gasteiger partial charge in [-0.05, 0) is 25.3 Å². The van der Waals surface area contributed by atoms with E-state index < -0.39 is 0 Å². The molecule has 1 aliphatic rings. The van der Waals surface area contributed by atoms with E-state index in [1.165, 1.54) is 12.8 Å². The van der Waals surface area contributed by atoms with Gasteiger partial charge in [-0.2, -0.15) is 0 Å².